The summed E-state index contributed by atoms with van der Waals surface area (Å²) in [6.45, 7) is 1.25. The molecule has 124 valence electrons. The lowest BCUT2D eigenvalue weighted by molar-refractivity contribution is -0.132. The van der Waals surface area contributed by atoms with Crippen LogP contribution in [0.15, 0.2) is 36.4 Å². The van der Waals surface area contributed by atoms with Gasteiger partial charge in [-0.2, -0.15) is 0 Å². The number of hydrogen-bond acceptors (Lipinski definition) is 3. The largest absolute Gasteiger partial charge is 0.330 e. The first kappa shape index (κ1) is 17.5. The normalized spacial score (nSPS) is 18.2. The molecule has 2 rings (SSSR count). The predicted molar refractivity (Wildman–Crippen MR) is 92.7 cm³/mol. The van der Waals surface area contributed by atoms with Crippen molar-refractivity contribution in [3.8, 4) is 0 Å². The maximum Gasteiger partial charge on any atom is 0.249 e. The topological polar surface area (TPSA) is 43.9 Å². The van der Waals surface area contributed by atoms with Crippen molar-refractivity contribution in [2.24, 2.45) is 0 Å². The fourth-order valence-electron chi connectivity index (χ4n) is 2.57. The highest BCUT2D eigenvalue weighted by Gasteiger charge is 2.37. The van der Waals surface area contributed by atoms with E-state index in [2.05, 4.69) is 0 Å². The summed E-state index contributed by atoms with van der Waals surface area (Å²) in [7, 11) is 5.53. The minimum absolute atomic E-state index is 0.0880. The lowest BCUT2D eigenvalue weighted by Crippen LogP contribution is -2.42. The summed E-state index contributed by atoms with van der Waals surface area (Å²) in [5.74, 6) is -0.249. The zero-order valence-electron chi connectivity index (χ0n) is 13.7. The van der Waals surface area contributed by atoms with Gasteiger partial charge in [-0.15, -0.1) is 0 Å². The zero-order chi connectivity index (χ0) is 17.0. The van der Waals surface area contributed by atoms with Gasteiger partial charge in [0, 0.05) is 26.2 Å². The molecule has 2 amide bonds. The summed E-state index contributed by atoms with van der Waals surface area (Å²) >= 11 is 6.17. The van der Waals surface area contributed by atoms with Crippen molar-refractivity contribution >= 4 is 29.1 Å². The Bertz CT molecular complexity index is 616. The number of carbonyl (C=O) groups is 2. The van der Waals surface area contributed by atoms with E-state index in [9.17, 15) is 9.59 Å². The molecule has 0 spiro atoms. The van der Waals surface area contributed by atoms with E-state index >= 15 is 0 Å². The summed E-state index contributed by atoms with van der Waals surface area (Å²) < 4.78 is 0. The summed E-state index contributed by atoms with van der Waals surface area (Å²) in [6, 6.07) is 6.82. The maximum absolute atomic E-state index is 12.6. The molecule has 5 nitrogen and oxygen atoms in total. The van der Waals surface area contributed by atoms with Crippen LogP contribution in [0.5, 0.6) is 0 Å². The number of nitrogens with zero attached hydrogens (tertiary/aromatic N) is 3. The number of rotatable bonds is 5. The molecule has 0 aromatic heterocycles. The van der Waals surface area contributed by atoms with Gasteiger partial charge in [0.15, 0.2) is 0 Å². The Morgan fingerprint density at radius 3 is 2.70 bits per heavy atom. The van der Waals surface area contributed by atoms with Gasteiger partial charge < -0.3 is 14.7 Å². The van der Waals surface area contributed by atoms with Crippen molar-refractivity contribution in [1.82, 2.24) is 9.80 Å². The number of carbonyl (C=O) groups excluding carboxylic acids is 2. The van der Waals surface area contributed by atoms with Crippen LogP contribution in [-0.4, -0.2) is 61.9 Å². The van der Waals surface area contributed by atoms with Crippen LogP contribution in [0.25, 0.3) is 0 Å². The van der Waals surface area contributed by atoms with Gasteiger partial charge in [0.2, 0.25) is 11.8 Å². The SMILES string of the molecule is CN(C)C/C=C/C(=O)N(C)C1CCN(c2ccccc2Cl)C1=O. The molecule has 1 aromatic rings. The van der Waals surface area contributed by atoms with Gasteiger partial charge in [-0.1, -0.05) is 29.8 Å². The van der Waals surface area contributed by atoms with Gasteiger partial charge >= 0.3 is 0 Å². The molecule has 0 bridgehead atoms. The lowest BCUT2D eigenvalue weighted by atomic mass is 10.2. The first-order valence-electron chi connectivity index (χ1n) is 7.55. The molecule has 1 fully saturated rings. The fraction of sp³-hybridized carbons (Fsp3) is 0.412. The molecule has 6 heteroatoms. The van der Waals surface area contributed by atoms with Crippen molar-refractivity contribution in [3.63, 3.8) is 0 Å². The average molecular weight is 336 g/mol. The highest BCUT2D eigenvalue weighted by Crippen LogP contribution is 2.30. The molecule has 1 heterocycles. The molecule has 0 N–H and O–H groups in total. The summed E-state index contributed by atoms with van der Waals surface area (Å²) in [6.07, 6.45) is 3.92. The van der Waals surface area contributed by atoms with Crippen molar-refractivity contribution in [2.75, 3.05) is 39.1 Å². The van der Waals surface area contributed by atoms with E-state index < -0.39 is 6.04 Å². The van der Waals surface area contributed by atoms with E-state index in [1.807, 2.05) is 37.2 Å². The van der Waals surface area contributed by atoms with Crippen molar-refractivity contribution in [1.29, 1.82) is 0 Å². The smallest absolute Gasteiger partial charge is 0.249 e. The van der Waals surface area contributed by atoms with E-state index in [-0.39, 0.29) is 11.8 Å². The molecule has 23 heavy (non-hydrogen) atoms. The second kappa shape index (κ2) is 7.62. The van der Waals surface area contributed by atoms with E-state index in [4.69, 9.17) is 11.6 Å². The second-order valence-corrected chi connectivity index (χ2v) is 6.27. The number of benzene rings is 1. The molecular weight excluding hydrogens is 314 g/mol. The van der Waals surface area contributed by atoms with E-state index in [0.717, 1.165) is 0 Å². The van der Waals surface area contributed by atoms with Gasteiger partial charge in [0.25, 0.3) is 0 Å². The van der Waals surface area contributed by atoms with Crippen LogP contribution in [0.4, 0.5) is 5.69 Å². The highest BCUT2D eigenvalue weighted by molar-refractivity contribution is 6.34. The Kier molecular flexibility index (Phi) is 5.80. The van der Waals surface area contributed by atoms with Gasteiger partial charge in [-0.3, -0.25) is 9.59 Å². The molecule has 0 saturated carbocycles. The van der Waals surface area contributed by atoms with E-state index in [1.54, 1.807) is 24.1 Å². The summed E-state index contributed by atoms with van der Waals surface area (Å²) in [5.41, 5.74) is 0.700. The maximum atomic E-state index is 12.6. The van der Waals surface area contributed by atoms with Crippen LogP contribution in [0.2, 0.25) is 5.02 Å². The van der Waals surface area contributed by atoms with Crippen molar-refractivity contribution in [3.05, 3.63) is 41.4 Å². The average Bonchev–Trinajstić information content (AvgIpc) is 2.88. The number of hydrogen-bond donors (Lipinski definition) is 0. The quantitative estimate of drug-likeness (QED) is 0.773. The van der Waals surface area contributed by atoms with Crippen LogP contribution < -0.4 is 4.90 Å². The summed E-state index contributed by atoms with van der Waals surface area (Å²) in [5, 5.41) is 0.543. The number of para-hydroxylation sites is 1. The second-order valence-electron chi connectivity index (χ2n) is 5.86. The molecule has 1 aliphatic heterocycles. The monoisotopic (exact) mass is 335 g/mol. The Morgan fingerprint density at radius 1 is 1.35 bits per heavy atom. The number of halogens is 1. The molecular formula is C17H22ClN3O2. The Hall–Kier alpha value is -1.85. The first-order valence-corrected chi connectivity index (χ1v) is 7.93. The van der Waals surface area contributed by atoms with Crippen molar-refractivity contribution in [2.45, 2.75) is 12.5 Å². The highest BCUT2D eigenvalue weighted by atomic mass is 35.5. The molecule has 1 atom stereocenters. The van der Waals surface area contributed by atoms with Gasteiger partial charge in [0.1, 0.15) is 6.04 Å². The van der Waals surface area contributed by atoms with Gasteiger partial charge in [-0.25, -0.2) is 0 Å². The minimum Gasteiger partial charge on any atom is -0.330 e. The first-order chi connectivity index (χ1) is 10.9. The molecule has 0 aliphatic carbocycles. The van der Waals surface area contributed by atoms with Crippen molar-refractivity contribution < 1.29 is 9.59 Å². The van der Waals surface area contributed by atoms with Crippen LogP contribution in [0.3, 0.4) is 0 Å². The number of anilines is 1. The molecule has 1 aromatic carbocycles. The van der Waals surface area contributed by atoms with Crippen LogP contribution >= 0.6 is 11.6 Å². The van der Waals surface area contributed by atoms with Crippen LogP contribution in [0.1, 0.15) is 6.42 Å². The molecule has 0 radical (unpaired) electrons. The van der Waals surface area contributed by atoms with Crippen LogP contribution in [-0.2, 0) is 9.59 Å². The molecule has 1 aliphatic rings. The zero-order valence-corrected chi connectivity index (χ0v) is 14.5. The third-order valence-corrected chi connectivity index (χ3v) is 4.19. The molecule has 1 saturated heterocycles. The Balaban J connectivity index is 2.05. The third-order valence-electron chi connectivity index (χ3n) is 3.87. The fourth-order valence-corrected chi connectivity index (χ4v) is 2.81. The van der Waals surface area contributed by atoms with E-state index in [0.29, 0.717) is 30.2 Å². The number of likely N-dealkylation sites (N-methyl/N-ethyl adjacent to an activating group) is 2. The van der Waals surface area contributed by atoms with Crippen LogP contribution in [0, 0.1) is 0 Å². The van der Waals surface area contributed by atoms with Gasteiger partial charge in [0.05, 0.1) is 10.7 Å². The lowest BCUT2D eigenvalue weighted by Gasteiger charge is -2.23. The third kappa shape index (κ3) is 4.12. The Labute approximate surface area is 142 Å². The Morgan fingerprint density at radius 2 is 2.04 bits per heavy atom. The summed E-state index contributed by atoms with van der Waals surface area (Å²) in [4.78, 5) is 29.9. The standard InChI is InChI=1S/C17H22ClN3O2/c1-19(2)11-6-9-16(22)20(3)15-10-12-21(17(15)23)14-8-5-4-7-13(14)18/h4-9,15H,10-12H2,1-3H3/b9-6+. The van der Waals surface area contributed by atoms with E-state index in [1.165, 1.54) is 11.0 Å². The predicted octanol–water partition coefficient (Wildman–Crippen LogP) is 2.02. The van der Waals surface area contributed by atoms with Gasteiger partial charge in [-0.05, 0) is 32.6 Å². The minimum atomic E-state index is -0.442. The molecule has 1 unspecified atom stereocenters. The number of amides is 2.